The molecule has 0 aromatic carbocycles. The molecule has 4 atom stereocenters. The van der Waals surface area contributed by atoms with Gasteiger partial charge < -0.3 is 10.5 Å². The lowest BCUT2D eigenvalue weighted by Gasteiger charge is -2.43. The lowest BCUT2D eigenvalue weighted by atomic mass is 9.85. The molecule has 0 saturated carbocycles. The minimum atomic E-state index is 0.0793. The molecule has 0 amide bonds. The van der Waals surface area contributed by atoms with Crippen LogP contribution >= 0.6 is 0 Å². The first-order valence-electron chi connectivity index (χ1n) is 7.53. The molecule has 0 radical (unpaired) electrons. The Morgan fingerprint density at radius 2 is 2.06 bits per heavy atom. The lowest BCUT2D eigenvalue weighted by molar-refractivity contribution is -0.0455. The van der Waals surface area contributed by atoms with Gasteiger partial charge in [0.05, 0.1) is 11.7 Å². The molecule has 3 heteroatoms. The molecule has 2 aliphatic heterocycles. The van der Waals surface area contributed by atoms with Gasteiger partial charge in [-0.25, -0.2) is 0 Å². The standard InChI is InChI=1S/C15H30N2O/c1-11-7-12(2)14(8-16)17(9-11)10-13-5-6-15(3,4)18-13/h11-14H,5-10,16H2,1-4H3. The van der Waals surface area contributed by atoms with E-state index in [-0.39, 0.29) is 5.60 Å². The van der Waals surface area contributed by atoms with Gasteiger partial charge in [-0.05, 0) is 44.9 Å². The maximum Gasteiger partial charge on any atom is 0.0710 e. The zero-order valence-electron chi connectivity index (χ0n) is 12.5. The Morgan fingerprint density at radius 1 is 1.33 bits per heavy atom. The van der Waals surface area contributed by atoms with Crippen LogP contribution in [0.5, 0.6) is 0 Å². The van der Waals surface area contributed by atoms with Gasteiger partial charge in [0, 0.05) is 25.7 Å². The molecule has 0 bridgehead atoms. The molecule has 0 aromatic heterocycles. The molecule has 0 aliphatic carbocycles. The van der Waals surface area contributed by atoms with E-state index in [0.717, 1.165) is 19.0 Å². The first-order chi connectivity index (χ1) is 8.41. The van der Waals surface area contributed by atoms with Crippen LogP contribution in [0.25, 0.3) is 0 Å². The van der Waals surface area contributed by atoms with Gasteiger partial charge in [0.15, 0.2) is 0 Å². The number of nitrogens with two attached hydrogens (primary N) is 1. The third-order valence-corrected chi connectivity index (χ3v) is 4.68. The fourth-order valence-corrected chi connectivity index (χ4v) is 3.82. The maximum atomic E-state index is 6.13. The van der Waals surface area contributed by atoms with Crippen molar-refractivity contribution in [2.45, 2.75) is 64.7 Å². The number of piperidine rings is 1. The predicted octanol–water partition coefficient (Wildman–Crippen LogP) is 2.25. The third kappa shape index (κ3) is 3.25. The van der Waals surface area contributed by atoms with Gasteiger partial charge in [-0.15, -0.1) is 0 Å². The van der Waals surface area contributed by atoms with Crippen LogP contribution in [0.2, 0.25) is 0 Å². The largest absolute Gasteiger partial charge is 0.371 e. The number of nitrogens with zero attached hydrogens (tertiary/aromatic N) is 1. The fraction of sp³-hybridized carbons (Fsp3) is 1.00. The number of rotatable bonds is 3. The molecule has 2 N–H and O–H groups in total. The van der Waals surface area contributed by atoms with Gasteiger partial charge >= 0.3 is 0 Å². The van der Waals surface area contributed by atoms with Crippen molar-refractivity contribution in [1.29, 1.82) is 0 Å². The summed E-state index contributed by atoms with van der Waals surface area (Å²) in [6.45, 7) is 12.1. The quantitative estimate of drug-likeness (QED) is 0.839. The van der Waals surface area contributed by atoms with E-state index in [4.69, 9.17) is 10.5 Å². The van der Waals surface area contributed by atoms with Crippen LogP contribution in [0.3, 0.4) is 0 Å². The van der Waals surface area contributed by atoms with Crippen molar-refractivity contribution >= 4 is 0 Å². The summed E-state index contributed by atoms with van der Waals surface area (Å²) in [5.41, 5.74) is 6.05. The Labute approximate surface area is 112 Å². The van der Waals surface area contributed by atoms with Crippen LogP contribution < -0.4 is 5.73 Å². The number of hydrogen-bond acceptors (Lipinski definition) is 3. The normalized spacial score (nSPS) is 41.2. The predicted molar refractivity (Wildman–Crippen MR) is 75.5 cm³/mol. The second-order valence-electron chi connectivity index (χ2n) is 7.11. The maximum absolute atomic E-state index is 6.13. The molecular weight excluding hydrogens is 224 g/mol. The van der Waals surface area contributed by atoms with Gasteiger partial charge in [-0.2, -0.15) is 0 Å². The van der Waals surface area contributed by atoms with Crippen molar-refractivity contribution in [3.63, 3.8) is 0 Å². The van der Waals surface area contributed by atoms with Gasteiger partial charge in [0.25, 0.3) is 0 Å². The summed E-state index contributed by atoms with van der Waals surface area (Å²) < 4.78 is 6.13. The van der Waals surface area contributed by atoms with E-state index in [1.165, 1.54) is 25.8 Å². The molecule has 2 fully saturated rings. The molecule has 18 heavy (non-hydrogen) atoms. The summed E-state index contributed by atoms with van der Waals surface area (Å²) in [6.07, 6.45) is 4.11. The molecule has 3 nitrogen and oxygen atoms in total. The van der Waals surface area contributed by atoms with Crippen molar-refractivity contribution < 1.29 is 4.74 Å². The summed E-state index contributed by atoms with van der Waals surface area (Å²) in [5, 5.41) is 0. The highest BCUT2D eigenvalue weighted by atomic mass is 16.5. The highest BCUT2D eigenvalue weighted by molar-refractivity contribution is 4.89. The zero-order chi connectivity index (χ0) is 13.3. The van der Waals surface area contributed by atoms with E-state index in [2.05, 4.69) is 32.6 Å². The molecule has 2 aliphatic rings. The summed E-state index contributed by atoms with van der Waals surface area (Å²) >= 11 is 0. The van der Waals surface area contributed by atoms with Crippen molar-refractivity contribution in [3.05, 3.63) is 0 Å². The summed E-state index contributed by atoms with van der Waals surface area (Å²) in [6, 6.07) is 0.550. The highest BCUT2D eigenvalue weighted by Crippen LogP contribution is 2.32. The third-order valence-electron chi connectivity index (χ3n) is 4.68. The SMILES string of the molecule is CC1CC(C)C(CN)N(CC2CCC(C)(C)O2)C1. The van der Waals surface area contributed by atoms with Crippen molar-refractivity contribution in [2.75, 3.05) is 19.6 Å². The van der Waals surface area contributed by atoms with E-state index in [1.54, 1.807) is 0 Å². The van der Waals surface area contributed by atoms with Crippen molar-refractivity contribution in [2.24, 2.45) is 17.6 Å². The van der Waals surface area contributed by atoms with Crippen LogP contribution in [0, 0.1) is 11.8 Å². The Bertz CT molecular complexity index is 280. The Kier molecular flexibility index (Phi) is 4.35. The van der Waals surface area contributed by atoms with Crippen LogP contribution in [-0.4, -0.2) is 42.3 Å². The number of ether oxygens (including phenoxy) is 1. The van der Waals surface area contributed by atoms with E-state index >= 15 is 0 Å². The Morgan fingerprint density at radius 3 is 2.61 bits per heavy atom. The first kappa shape index (κ1) is 14.3. The molecule has 0 aromatic rings. The molecule has 0 spiro atoms. The van der Waals surface area contributed by atoms with Crippen molar-refractivity contribution in [3.8, 4) is 0 Å². The second-order valence-corrected chi connectivity index (χ2v) is 7.11. The van der Waals surface area contributed by atoms with E-state index < -0.39 is 0 Å². The topological polar surface area (TPSA) is 38.5 Å². The minimum absolute atomic E-state index is 0.0793. The van der Waals surface area contributed by atoms with Crippen LogP contribution in [-0.2, 0) is 4.74 Å². The molecular formula is C15H30N2O. The van der Waals surface area contributed by atoms with Crippen LogP contribution in [0.4, 0.5) is 0 Å². The van der Waals surface area contributed by atoms with Crippen LogP contribution in [0.1, 0.15) is 47.0 Å². The lowest BCUT2D eigenvalue weighted by Crippen LogP contribution is -2.53. The van der Waals surface area contributed by atoms with E-state index in [1.807, 2.05) is 0 Å². The van der Waals surface area contributed by atoms with Gasteiger partial charge in [-0.1, -0.05) is 13.8 Å². The number of likely N-dealkylation sites (tertiary alicyclic amines) is 1. The molecule has 106 valence electrons. The van der Waals surface area contributed by atoms with Gasteiger partial charge in [-0.3, -0.25) is 4.90 Å². The Hall–Kier alpha value is -0.120. The molecule has 2 saturated heterocycles. The van der Waals surface area contributed by atoms with E-state index in [9.17, 15) is 0 Å². The van der Waals surface area contributed by atoms with Crippen LogP contribution in [0.15, 0.2) is 0 Å². The Balaban J connectivity index is 1.94. The smallest absolute Gasteiger partial charge is 0.0710 e. The minimum Gasteiger partial charge on any atom is -0.371 e. The monoisotopic (exact) mass is 254 g/mol. The van der Waals surface area contributed by atoms with Gasteiger partial charge in [0.2, 0.25) is 0 Å². The summed E-state index contributed by atoms with van der Waals surface area (Å²) in [7, 11) is 0. The van der Waals surface area contributed by atoms with E-state index in [0.29, 0.717) is 18.1 Å². The second kappa shape index (κ2) is 5.48. The highest BCUT2D eigenvalue weighted by Gasteiger charge is 2.36. The fourth-order valence-electron chi connectivity index (χ4n) is 3.82. The molecule has 4 unspecified atom stereocenters. The molecule has 2 rings (SSSR count). The summed E-state index contributed by atoms with van der Waals surface area (Å²) in [4.78, 5) is 2.59. The zero-order valence-corrected chi connectivity index (χ0v) is 12.5. The molecule has 2 heterocycles. The van der Waals surface area contributed by atoms with Crippen molar-refractivity contribution in [1.82, 2.24) is 4.90 Å². The average molecular weight is 254 g/mol. The number of hydrogen-bond donors (Lipinski definition) is 1. The average Bonchev–Trinajstić information content (AvgIpc) is 2.57. The van der Waals surface area contributed by atoms with Gasteiger partial charge in [0.1, 0.15) is 0 Å². The summed E-state index contributed by atoms with van der Waals surface area (Å²) in [5.74, 6) is 1.50. The first-order valence-corrected chi connectivity index (χ1v) is 7.53.